The first-order valence-electron chi connectivity index (χ1n) is 5.28. The molecule has 3 nitrogen and oxygen atoms in total. The van der Waals surface area contributed by atoms with Crippen LogP contribution >= 0.6 is 0 Å². The molecule has 0 saturated heterocycles. The Hall–Kier alpha value is -1.35. The van der Waals surface area contributed by atoms with E-state index in [9.17, 15) is 0 Å². The molecule has 1 aromatic carbocycles. The lowest BCUT2D eigenvalue weighted by Gasteiger charge is -2.24. The van der Waals surface area contributed by atoms with Crippen molar-refractivity contribution in [1.29, 1.82) is 0 Å². The summed E-state index contributed by atoms with van der Waals surface area (Å²) in [6.45, 7) is 1.86. The van der Waals surface area contributed by atoms with Gasteiger partial charge in [-0.2, -0.15) is 0 Å². The van der Waals surface area contributed by atoms with Gasteiger partial charge in [-0.15, -0.1) is 0 Å². The zero-order valence-electron chi connectivity index (χ0n) is 9.27. The van der Waals surface area contributed by atoms with Gasteiger partial charge >= 0.3 is 0 Å². The second-order valence-corrected chi connectivity index (χ2v) is 3.97. The maximum Gasteiger partial charge on any atom is 0.119 e. The van der Waals surface area contributed by atoms with E-state index in [0.29, 0.717) is 0 Å². The standard InChI is InChI=1S/C12H17N3/c1-15(2)11(12-13-8-9-14-12)10-6-4-3-5-7-10/h3-7,11H,8-9H2,1-2H3,(H,13,14). The van der Waals surface area contributed by atoms with Gasteiger partial charge in [-0.25, -0.2) is 0 Å². The van der Waals surface area contributed by atoms with Crippen molar-refractivity contribution in [3.8, 4) is 0 Å². The first-order chi connectivity index (χ1) is 7.29. The van der Waals surface area contributed by atoms with Crippen LogP contribution < -0.4 is 5.32 Å². The van der Waals surface area contributed by atoms with E-state index in [1.165, 1.54) is 5.56 Å². The molecule has 1 aliphatic heterocycles. The van der Waals surface area contributed by atoms with Crippen LogP contribution in [0.15, 0.2) is 35.3 Å². The molecule has 0 radical (unpaired) electrons. The van der Waals surface area contributed by atoms with Gasteiger partial charge in [-0.1, -0.05) is 30.3 Å². The largest absolute Gasteiger partial charge is 0.370 e. The number of hydrogen-bond donors (Lipinski definition) is 1. The number of rotatable bonds is 3. The van der Waals surface area contributed by atoms with Gasteiger partial charge in [0.1, 0.15) is 5.84 Å². The maximum atomic E-state index is 4.50. The lowest BCUT2D eigenvalue weighted by atomic mass is 10.1. The third-order valence-electron chi connectivity index (χ3n) is 2.59. The van der Waals surface area contributed by atoms with E-state index in [0.717, 1.165) is 18.9 Å². The van der Waals surface area contributed by atoms with Crippen molar-refractivity contribution in [1.82, 2.24) is 10.2 Å². The fourth-order valence-electron chi connectivity index (χ4n) is 1.94. The first-order valence-corrected chi connectivity index (χ1v) is 5.28. The van der Waals surface area contributed by atoms with Crippen LogP contribution in [0.2, 0.25) is 0 Å². The Kier molecular flexibility index (Phi) is 3.02. The predicted octanol–water partition coefficient (Wildman–Crippen LogP) is 1.29. The molecule has 0 amide bonds. The van der Waals surface area contributed by atoms with Gasteiger partial charge in [0.15, 0.2) is 0 Å². The monoisotopic (exact) mass is 203 g/mol. The zero-order valence-corrected chi connectivity index (χ0v) is 9.27. The molecule has 0 aromatic heterocycles. The molecule has 1 unspecified atom stereocenters. The summed E-state index contributed by atoms with van der Waals surface area (Å²) in [6.07, 6.45) is 0. The normalized spacial score (nSPS) is 17.4. The van der Waals surface area contributed by atoms with Crippen molar-refractivity contribution >= 4 is 5.84 Å². The number of aliphatic imine (C=N–C) groups is 1. The highest BCUT2D eigenvalue weighted by Crippen LogP contribution is 2.19. The van der Waals surface area contributed by atoms with Gasteiger partial charge in [0.2, 0.25) is 0 Å². The Morgan fingerprint density at radius 3 is 2.53 bits per heavy atom. The minimum atomic E-state index is 0.258. The van der Waals surface area contributed by atoms with Crippen LogP contribution in [0.4, 0.5) is 0 Å². The molecule has 0 saturated carbocycles. The Morgan fingerprint density at radius 2 is 2.00 bits per heavy atom. The van der Waals surface area contributed by atoms with Crippen molar-refractivity contribution in [2.45, 2.75) is 6.04 Å². The third-order valence-corrected chi connectivity index (χ3v) is 2.59. The Balaban J connectivity index is 2.28. The van der Waals surface area contributed by atoms with Gasteiger partial charge in [-0.05, 0) is 19.7 Å². The van der Waals surface area contributed by atoms with Crippen molar-refractivity contribution in [2.24, 2.45) is 4.99 Å². The van der Waals surface area contributed by atoms with Crippen LogP contribution in [0.3, 0.4) is 0 Å². The molecular formula is C12H17N3. The molecule has 1 heterocycles. The lowest BCUT2D eigenvalue weighted by molar-refractivity contribution is 0.365. The SMILES string of the molecule is CN(C)C(C1=NCCN1)c1ccccc1. The number of hydrogen-bond acceptors (Lipinski definition) is 3. The smallest absolute Gasteiger partial charge is 0.119 e. The van der Waals surface area contributed by atoms with Gasteiger partial charge in [0, 0.05) is 6.54 Å². The number of amidine groups is 1. The van der Waals surface area contributed by atoms with E-state index in [1.54, 1.807) is 0 Å². The summed E-state index contributed by atoms with van der Waals surface area (Å²) in [5.74, 6) is 1.09. The number of benzene rings is 1. The maximum absolute atomic E-state index is 4.50. The van der Waals surface area contributed by atoms with Gasteiger partial charge in [0.25, 0.3) is 0 Å². The van der Waals surface area contributed by atoms with Crippen LogP contribution in [0.5, 0.6) is 0 Å². The molecule has 80 valence electrons. The molecule has 1 atom stereocenters. The lowest BCUT2D eigenvalue weighted by Crippen LogP contribution is -2.34. The fraction of sp³-hybridized carbons (Fsp3) is 0.417. The molecule has 15 heavy (non-hydrogen) atoms. The second kappa shape index (κ2) is 4.45. The summed E-state index contributed by atoms with van der Waals surface area (Å²) in [6, 6.07) is 10.7. The van der Waals surface area contributed by atoms with Crippen molar-refractivity contribution < 1.29 is 0 Å². The molecule has 0 bridgehead atoms. The highest BCUT2D eigenvalue weighted by atomic mass is 15.2. The van der Waals surface area contributed by atoms with E-state index >= 15 is 0 Å². The van der Waals surface area contributed by atoms with E-state index in [4.69, 9.17) is 0 Å². The van der Waals surface area contributed by atoms with E-state index < -0.39 is 0 Å². The minimum absolute atomic E-state index is 0.258. The highest BCUT2D eigenvalue weighted by molar-refractivity contribution is 5.89. The molecule has 0 spiro atoms. The molecule has 0 aliphatic carbocycles. The van der Waals surface area contributed by atoms with Crippen molar-refractivity contribution in [3.63, 3.8) is 0 Å². The molecule has 1 N–H and O–H groups in total. The number of nitrogens with zero attached hydrogens (tertiary/aromatic N) is 2. The Morgan fingerprint density at radius 1 is 1.27 bits per heavy atom. The fourth-order valence-corrected chi connectivity index (χ4v) is 1.94. The average molecular weight is 203 g/mol. The topological polar surface area (TPSA) is 27.6 Å². The molecule has 3 heteroatoms. The number of likely N-dealkylation sites (N-methyl/N-ethyl adjacent to an activating group) is 1. The van der Waals surface area contributed by atoms with Crippen LogP contribution in [-0.4, -0.2) is 37.9 Å². The predicted molar refractivity (Wildman–Crippen MR) is 63.2 cm³/mol. The number of nitrogens with one attached hydrogen (secondary N) is 1. The van der Waals surface area contributed by atoms with Crippen molar-refractivity contribution in [2.75, 3.05) is 27.2 Å². The second-order valence-electron chi connectivity index (χ2n) is 3.97. The zero-order chi connectivity index (χ0) is 10.7. The van der Waals surface area contributed by atoms with E-state index in [-0.39, 0.29) is 6.04 Å². The Labute approximate surface area is 90.8 Å². The summed E-state index contributed by atoms with van der Waals surface area (Å²) < 4.78 is 0. The highest BCUT2D eigenvalue weighted by Gasteiger charge is 2.22. The summed E-state index contributed by atoms with van der Waals surface area (Å²) in [7, 11) is 4.17. The third kappa shape index (κ3) is 2.18. The van der Waals surface area contributed by atoms with Crippen LogP contribution in [-0.2, 0) is 0 Å². The van der Waals surface area contributed by atoms with Crippen molar-refractivity contribution in [3.05, 3.63) is 35.9 Å². The van der Waals surface area contributed by atoms with Gasteiger partial charge in [0.05, 0.1) is 12.6 Å². The average Bonchev–Trinajstić information content (AvgIpc) is 2.72. The molecular weight excluding hydrogens is 186 g/mol. The summed E-state index contributed by atoms with van der Waals surface area (Å²) in [5, 5.41) is 3.34. The molecule has 1 aliphatic rings. The van der Waals surface area contributed by atoms with Crippen LogP contribution in [0.25, 0.3) is 0 Å². The van der Waals surface area contributed by atoms with E-state index in [2.05, 4.69) is 53.6 Å². The summed E-state index contributed by atoms with van der Waals surface area (Å²) in [4.78, 5) is 6.68. The first kappa shape index (κ1) is 10.2. The molecule has 0 fully saturated rings. The van der Waals surface area contributed by atoms with Gasteiger partial charge < -0.3 is 5.32 Å². The van der Waals surface area contributed by atoms with Crippen LogP contribution in [0.1, 0.15) is 11.6 Å². The van der Waals surface area contributed by atoms with Crippen LogP contribution in [0, 0.1) is 0 Å². The summed E-state index contributed by atoms with van der Waals surface area (Å²) in [5.41, 5.74) is 1.29. The van der Waals surface area contributed by atoms with Gasteiger partial charge in [-0.3, -0.25) is 9.89 Å². The van der Waals surface area contributed by atoms with E-state index in [1.807, 2.05) is 6.07 Å². The molecule has 1 aromatic rings. The quantitative estimate of drug-likeness (QED) is 0.801. The Bertz CT molecular complexity index is 343. The molecule has 2 rings (SSSR count). The minimum Gasteiger partial charge on any atom is -0.370 e. The summed E-state index contributed by atoms with van der Waals surface area (Å²) >= 11 is 0.